The Morgan fingerprint density at radius 1 is 1.45 bits per heavy atom. The standard InChI is InChI=1S/C15H18BrFN2O/c1-4-19-13(14(16)10(2)18-19)9-15(3,20)11-6-5-7-12(17)8-11/h5-8,20H,4,9H2,1-3H3. The van der Waals surface area contributed by atoms with E-state index in [1.807, 2.05) is 18.5 Å². The quantitative estimate of drug-likeness (QED) is 0.923. The summed E-state index contributed by atoms with van der Waals surface area (Å²) in [7, 11) is 0. The highest BCUT2D eigenvalue weighted by Crippen LogP contribution is 2.30. The van der Waals surface area contributed by atoms with Gasteiger partial charge in [-0.25, -0.2) is 4.39 Å². The van der Waals surface area contributed by atoms with Crippen LogP contribution in [0.1, 0.15) is 30.8 Å². The molecule has 2 aromatic rings. The van der Waals surface area contributed by atoms with Crippen molar-refractivity contribution >= 4 is 15.9 Å². The van der Waals surface area contributed by atoms with Gasteiger partial charge in [-0.05, 0) is 54.4 Å². The lowest BCUT2D eigenvalue weighted by Gasteiger charge is -2.24. The Balaban J connectivity index is 2.37. The molecule has 0 aliphatic rings. The van der Waals surface area contributed by atoms with Crippen molar-refractivity contribution in [3.63, 3.8) is 0 Å². The Morgan fingerprint density at radius 2 is 2.15 bits per heavy atom. The van der Waals surface area contributed by atoms with Crippen molar-refractivity contribution in [1.82, 2.24) is 9.78 Å². The van der Waals surface area contributed by atoms with Crippen LogP contribution in [0.25, 0.3) is 0 Å². The first kappa shape index (κ1) is 15.2. The summed E-state index contributed by atoms with van der Waals surface area (Å²) in [4.78, 5) is 0. The van der Waals surface area contributed by atoms with Gasteiger partial charge in [0.25, 0.3) is 0 Å². The zero-order valence-electron chi connectivity index (χ0n) is 11.8. The van der Waals surface area contributed by atoms with Crippen molar-refractivity contribution in [2.75, 3.05) is 0 Å². The second kappa shape index (κ2) is 5.66. The van der Waals surface area contributed by atoms with Crippen molar-refractivity contribution in [2.24, 2.45) is 0 Å². The van der Waals surface area contributed by atoms with Crippen LogP contribution in [-0.2, 0) is 18.6 Å². The first-order chi connectivity index (χ1) is 9.35. The predicted molar refractivity (Wildman–Crippen MR) is 80.0 cm³/mol. The van der Waals surface area contributed by atoms with E-state index in [1.165, 1.54) is 12.1 Å². The number of hydrogen-bond donors (Lipinski definition) is 1. The van der Waals surface area contributed by atoms with Crippen molar-refractivity contribution in [3.8, 4) is 0 Å². The maximum Gasteiger partial charge on any atom is 0.123 e. The van der Waals surface area contributed by atoms with E-state index in [0.29, 0.717) is 12.0 Å². The van der Waals surface area contributed by atoms with Gasteiger partial charge < -0.3 is 5.11 Å². The monoisotopic (exact) mass is 340 g/mol. The summed E-state index contributed by atoms with van der Waals surface area (Å²) in [5.74, 6) is -0.345. The summed E-state index contributed by atoms with van der Waals surface area (Å²) in [5.41, 5.74) is 1.21. The Kier molecular flexibility index (Phi) is 4.30. The van der Waals surface area contributed by atoms with Gasteiger partial charge in [0.2, 0.25) is 0 Å². The Bertz CT molecular complexity index is 622. The van der Waals surface area contributed by atoms with Crippen molar-refractivity contribution < 1.29 is 9.50 Å². The van der Waals surface area contributed by atoms with E-state index < -0.39 is 5.60 Å². The predicted octanol–water partition coefficient (Wildman–Crippen LogP) is 3.56. The minimum Gasteiger partial charge on any atom is -0.385 e. The van der Waals surface area contributed by atoms with Crippen molar-refractivity contribution in [1.29, 1.82) is 0 Å². The van der Waals surface area contributed by atoms with Gasteiger partial charge in [-0.15, -0.1) is 0 Å². The van der Waals surface area contributed by atoms with Gasteiger partial charge in [-0.1, -0.05) is 12.1 Å². The lowest BCUT2D eigenvalue weighted by Crippen LogP contribution is -2.26. The van der Waals surface area contributed by atoms with E-state index >= 15 is 0 Å². The molecule has 5 heteroatoms. The molecule has 0 fully saturated rings. The van der Waals surface area contributed by atoms with Gasteiger partial charge >= 0.3 is 0 Å². The molecule has 2 rings (SSSR count). The molecule has 1 atom stereocenters. The number of nitrogens with zero attached hydrogens (tertiary/aromatic N) is 2. The maximum atomic E-state index is 13.3. The van der Waals surface area contributed by atoms with Gasteiger partial charge in [0.1, 0.15) is 5.82 Å². The molecule has 1 unspecified atom stereocenters. The third-order valence-corrected chi connectivity index (χ3v) is 4.44. The summed E-state index contributed by atoms with van der Waals surface area (Å²) >= 11 is 3.51. The molecule has 0 saturated carbocycles. The van der Waals surface area contributed by atoms with E-state index in [0.717, 1.165) is 22.4 Å². The van der Waals surface area contributed by atoms with Gasteiger partial charge in [0, 0.05) is 13.0 Å². The fourth-order valence-electron chi connectivity index (χ4n) is 2.29. The minimum atomic E-state index is -1.15. The number of aliphatic hydroxyl groups is 1. The molecule has 0 saturated heterocycles. The lowest BCUT2D eigenvalue weighted by atomic mass is 9.91. The summed E-state index contributed by atoms with van der Waals surface area (Å²) in [6.45, 7) is 6.33. The highest BCUT2D eigenvalue weighted by Gasteiger charge is 2.27. The van der Waals surface area contributed by atoms with Crippen LogP contribution in [0.2, 0.25) is 0 Å². The van der Waals surface area contributed by atoms with Crippen LogP contribution < -0.4 is 0 Å². The molecule has 1 N–H and O–H groups in total. The zero-order chi connectivity index (χ0) is 14.9. The minimum absolute atomic E-state index is 0.345. The molecule has 1 aromatic heterocycles. The molecule has 0 aliphatic heterocycles. The highest BCUT2D eigenvalue weighted by atomic mass is 79.9. The summed E-state index contributed by atoms with van der Waals surface area (Å²) in [6, 6.07) is 6.08. The molecule has 108 valence electrons. The molecule has 0 aliphatic carbocycles. The van der Waals surface area contributed by atoms with Crippen LogP contribution in [0, 0.1) is 12.7 Å². The first-order valence-electron chi connectivity index (χ1n) is 6.55. The van der Waals surface area contributed by atoms with Crippen LogP contribution in [0.4, 0.5) is 4.39 Å². The van der Waals surface area contributed by atoms with Crippen molar-refractivity contribution in [3.05, 3.63) is 51.5 Å². The van der Waals surface area contributed by atoms with Crippen LogP contribution >= 0.6 is 15.9 Å². The fourth-order valence-corrected chi connectivity index (χ4v) is 2.71. The Morgan fingerprint density at radius 3 is 2.75 bits per heavy atom. The average molecular weight is 341 g/mol. The van der Waals surface area contributed by atoms with Gasteiger partial charge in [0.05, 0.1) is 21.5 Å². The largest absolute Gasteiger partial charge is 0.385 e. The number of aryl methyl sites for hydroxylation is 2. The van der Waals surface area contributed by atoms with Gasteiger partial charge in [0.15, 0.2) is 0 Å². The molecule has 1 heterocycles. The molecule has 0 bridgehead atoms. The topological polar surface area (TPSA) is 38.0 Å². The molecule has 1 aromatic carbocycles. The van der Waals surface area contributed by atoms with Crippen LogP contribution in [0.3, 0.4) is 0 Å². The molecule has 0 spiro atoms. The van der Waals surface area contributed by atoms with Gasteiger partial charge in [-0.2, -0.15) is 5.10 Å². The van der Waals surface area contributed by atoms with E-state index in [4.69, 9.17) is 0 Å². The van der Waals surface area contributed by atoms with Gasteiger partial charge in [-0.3, -0.25) is 4.68 Å². The molecule has 0 radical (unpaired) electrons. The summed E-state index contributed by atoms with van der Waals surface area (Å²) < 4.78 is 16.1. The smallest absolute Gasteiger partial charge is 0.123 e. The van der Waals surface area contributed by atoms with E-state index in [9.17, 15) is 9.50 Å². The number of hydrogen-bond acceptors (Lipinski definition) is 2. The Labute approximate surface area is 126 Å². The fraction of sp³-hybridized carbons (Fsp3) is 0.400. The van der Waals surface area contributed by atoms with E-state index in [1.54, 1.807) is 19.1 Å². The maximum absolute atomic E-state index is 13.3. The van der Waals surface area contributed by atoms with Crippen LogP contribution in [-0.4, -0.2) is 14.9 Å². The molecule has 3 nitrogen and oxygen atoms in total. The number of benzene rings is 1. The van der Waals surface area contributed by atoms with E-state index in [2.05, 4.69) is 21.0 Å². The average Bonchev–Trinajstić information content (AvgIpc) is 2.66. The summed E-state index contributed by atoms with van der Waals surface area (Å²) in [5, 5.41) is 15.1. The number of aromatic nitrogens is 2. The second-order valence-corrected chi connectivity index (χ2v) is 5.92. The second-order valence-electron chi connectivity index (χ2n) is 5.12. The summed E-state index contributed by atoms with van der Waals surface area (Å²) in [6.07, 6.45) is 0.367. The third kappa shape index (κ3) is 2.94. The SMILES string of the molecule is CCn1nc(C)c(Br)c1CC(C)(O)c1cccc(F)c1. The highest BCUT2D eigenvalue weighted by molar-refractivity contribution is 9.10. The van der Waals surface area contributed by atoms with Crippen LogP contribution in [0.15, 0.2) is 28.7 Å². The van der Waals surface area contributed by atoms with E-state index in [-0.39, 0.29) is 5.82 Å². The number of halogens is 2. The molecule has 0 amide bonds. The molecular formula is C15H18BrFN2O. The van der Waals surface area contributed by atoms with Crippen molar-refractivity contribution in [2.45, 2.75) is 39.3 Å². The molecular weight excluding hydrogens is 323 g/mol. The first-order valence-corrected chi connectivity index (χ1v) is 7.34. The molecule has 20 heavy (non-hydrogen) atoms. The lowest BCUT2D eigenvalue weighted by molar-refractivity contribution is 0.0549. The normalized spacial score (nSPS) is 14.3. The Hall–Kier alpha value is -1.20. The number of rotatable bonds is 4. The third-order valence-electron chi connectivity index (χ3n) is 3.41. The van der Waals surface area contributed by atoms with Crippen LogP contribution in [0.5, 0.6) is 0 Å². The zero-order valence-corrected chi connectivity index (χ0v) is 13.4.